The quantitative estimate of drug-likeness (QED) is 0.674. The Labute approximate surface area is 180 Å². The lowest BCUT2D eigenvalue weighted by atomic mass is 10.2. The molecule has 1 saturated heterocycles. The van der Waals surface area contributed by atoms with Crippen LogP contribution in [0.4, 0.5) is 17.5 Å². The highest BCUT2D eigenvalue weighted by molar-refractivity contribution is 7.15. The van der Waals surface area contributed by atoms with Crippen LogP contribution in [0.3, 0.4) is 0 Å². The molecule has 30 heavy (non-hydrogen) atoms. The Bertz CT molecular complexity index is 1030. The van der Waals surface area contributed by atoms with E-state index in [1.807, 2.05) is 36.2 Å². The molecular formula is C21H25N7OS. The predicted molar refractivity (Wildman–Crippen MR) is 119 cm³/mol. The van der Waals surface area contributed by atoms with Gasteiger partial charge in [-0.05, 0) is 31.5 Å². The molecule has 0 aliphatic carbocycles. The van der Waals surface area contributed by atoms with E-state index >= 15 is 0 Å². The fourth-order valence-electron chi connectivity index (χ4n) is 3.43. The highest BCUT2D eigenvalue weighted by Gasteiger charge is 2.19. The van der Waals surface area contributed by atoms with Crippen LogP contribution in [-0.2, 0) is 11.2 Å². The van der Waals surface area contributed by atoms with Crippen molar-refractivity contribution in [2.75, 3.05) is 36.4 Å². The van der Waals surface area contributed by atoms with Gasteiger partial charge in [-0.2, -0.15) is 0 Å². The fraction of sp³-hybridized carbons (Fsp3) is 0.381. The van der Waals surface area contributed by atoms with E-state index in [4.69, 9.17) is 0 Å². The molecule has 1 N–H and O–H groups in total. The van der Waals surface area contributed by atoms with Gasteiger partial charge in [0.05, 0.1) is 33.2 Å². The van der Waals surface area contributed by atoms with Crippen molar-refractivity contribution in [1.82, 2.24) is 24.8 Å². The summed E-state index contributed by atoms with van der Waals surface area (Å²) in [7, 11) is 0. The standard InChI is InChI=1S/C21H25N7OS/c1-4-19-24-14(2)20(30-19)17-7-8-22-21(25-17)26-18-6-5-16(13-23-18)28-11-9-27(10-12-28)15(3)29/h5-8,13H,4,9-12H2,1-3H3,(H,22,23,25,26). The average Bonchev–Trinajstić information content (AvgIpc) is 3.15. The third-order valence-corrected chi connectivity index (χ3v) is 6.43. The smallest absolute Gasteiger partial charge is 0.228 e. The zero-order valence-corrected chi connectivity index (χ0v) is 18.2. The SMILES string of the molecule is CCc1nc(C)c(-c2ccnc(Nc3ccc(N4CCN(C(C)=O)CC4)cn3)n2)s1. The third-order valence-electron chi connectivity index (χ3n) is 5.11. The van der Waals surface area contributed by atoms with Gasteiger partial charge < -0.3 is 15.1 Å². The van der Waals surface area contributed by atoms with Gasteiger partial charge in [0.1, 0.15) is 5.82 Å². The van der Waals surface area contributed by atoms with E-state index < -0.39 is 0 Å². The van der Waals surface area contributed by atoms with E-state index in [1.165, 1.54) is 0 Å². The number of anilines is 3. The Balaban J connectivity index is 1.44. The first-order valence-electron chi connectivity index (χ1n) is 10.1. The van der Waals surface area contributed by atoms with Crippen LogP contribution >= 0.6 is 11.3 Å². The Morgan fingerprint density at radius 2 is 1.93 bits per heavy atom. The molecule has 156 valence electrons. The number of nitrogens with one attached hydrogen (secondary N) is 1. The molecule has 0 saturated carbocycles. The molecule has 0 spiro atoms. The second-order valence-electron chi connectivity index (χ2n) is 7.16. The van der Waals surface area contributed by atoms with E-state index in [-0.39, 0.29) is 5.91 Å². The number of aryl methyl sites for hydroxylation is 2. The van der Waals surface area contributed by atoms with Crippen molar-refractivity contribution >= 4 is 34.7 Å². The summed E-state index contributed by atoms with van der Waals surface area (Å²) in [6, 6.07) is 5.86. The molecule has 1 amide bonds. The van der Waals surface area contributed by atoms with Crippen molar-refractivity contribution in [3.8, 4) is 10.6 Å². The largest absolute Gasteiger partial charge is 0.367 e. The van der Waals surface area contributed by atoms with E-state index in [0.717, 1.165) is 59.6 Å². The van der Waals surface area contributed by atoms with E-state index in [0.29, 0.717) is 11.8 Å². The molecule has 9 heteroatoms. The lowest BCUT2D eigenvalue weighted by molar-refractivity contribution is -0.129. The zero-order valence-electron chi connectivity index (χ0n) is 17.4. The van der Waals surface area contributed by atoms with Crippen molar-refractivity contribution in [1.29, 1.82) is 0 Å². The zero-order chi connectivity index (χ0) is 21.1. The molecule has 1 aliphatic heterocycles. The third kappa shape index (κ3) is 4.40. The molecule has 4 rings (SSSR count). The molecule has 0 aromatic carbocycles. The maximum absolute atomic E-state index is 11.5. The fourth-order valence-corrected chi connectivity index (χ4v) is 4.40. The minimum absolute atomic E-state index is 0.133. The van der Waals surface area contributed by atoms with Gasteiger partial charge in [0.15, 0.2) is 0 Å². The summed E-state index contributed by atoms with van der Waals surface area (Å²) in [4.78, 5) is 34.7. The number of pyridine rings is 1. The molecule has 0 unspecified atom stereocenters. The number of thiazole rings is 1. The van der Waals surface area contributed by atoms with Gasteiger partial charge in [-0.1, -0.05) is 6.92 Å². The summed E-state index contributed by atoms with van der Waals surface area (Å²) in [5, 5.41) is 4.29. The first-order valence-corrected chi connectivity index (χ1v) is 10.9. The van der Waals surface area contributed by atoms with E-state index in [2.05, 4.69) is 37.1 Å². The molecule has 4 heterocycles. The minimum atomic E-state index is 0.133. The van der Waals surface area contributed by atoms with Crippen LogP contribution in [-0.4, -0.2) is 56.9 Å². The van der Waals surface area contributed by atoms with Crippen molar-refractivity contribution in [3.63, 3.8) is 0 Å². The summed E-state index contributed by atoms with van der Waals surface area (Å²) >= 11 is 1.67. The van der Waals surface area contributed by atoms with Crippen LogP contribution in [0.5, 0.6) is 0 Å². The van der Waals surface area contributed by atoms with Crippen LogP contribution in [0.15, 0.2) is 30.6 Å². The number of aromatic nitrogens is 4. The highest BCUT2D eigenvalue weighted by atomic mass is 32.1. The number of rotatable bonds is 5. The number of hydrogen-bond acceptors (Lipinski definition) is 8. The molecule has 0 atom stereocenters. The van der Waals surface area contributed by atoms with Gasteiger partial charge in [0, 0.05) is 39.3 Å². The van der Waals surface area contributed by atoms with Crippen LogP contribution in [0.2, 0.25) is 0 Å². The lowest BCUT2D eigenvalue weighted by Crippen LogP contribution is -2.48. The monoisotopic (exact) mass is 423 g/mol. The summed E-state index contributed by atoms with van der Waals surface area (Å²) < 4.78 is 0. The van der Waals surface area contributed by atoms with Crippen molar-refractivity contribution < 1.29 is 4.79 Å². The number of piperazine rings is 1. The summed E-state index contributed by atoms with van der Waals surface area (Å²) in [5.41, 5.74) is 2.90. The summed E-state index contributed by atoms with van der Waals surface area (Å²) in [5.74, 6) is 1.33. The van der Waals surface area contributed by atoms with Gasteiger partial charge >= 0.3 is 0 Å². The second kappa shape index (κ2) is 8.74. The van der Waals surface area contributed by atoms with E-state index in [9.17, 15) is 4.79 Å². The molecule has 3 aromatic heterocycles. The molecule has 0 radical (unpaired) electrons. The number of carbonyl (C=O) groups excluding carboxylic acids is 1. The molecule has 8 nitrogen and oxygen atoms in total. The Morgan fingerprint density at radius 3 is 2.57 bits per heavy atom. The Morgan fingerprint density at radius 1 is 1.13 bits per heavy atom. The minimum Gasteiger partial charge on any atom is -0.367 e. The first-order chi connectivity index (χ1) is 14.5. The number of amides is 1. The topological polar surface area (TPSA) is 87.1 Å². The van der Waals surface area contributed by atoms with Gasteiger partial charge in [0.2, 0.25) is 11.9 Å². The number of hydrogen-bond donors (Lipinski definition) is 1. The Hall–Kier alpha value is -3.07. The maximum Gasteiger partial charge on any atom is 0.228 e. The number of nitrogens with zero attached hydrogens (tertiary/aromatic N) is 6. The highest BCUT2D eigenvalue weighted by Crippen LogP contribution is 2.29. The van der Waals surface area contributed by atoms with Crippen molar-refractivity contribution in [2.45, 2.75) is 27.2 Å². The predicted octanol–water partition coefficient (Wildman–Crippen LogP) is 3.28. The van der Waals surface area contributed by atoms with Gasteiger partial charge in [0.25, 0.3) is 0 Å². The van der Waals surface area contributed by atoms with Crippen LogP contribution < -0.4 is 10.2 Å². The molecule has 0 bridgehead atoms. The molecular weight excluding hydrogens is 398 g/mol. The average molecular weight is 424 g/mol. The first kappa shape index (κ1) is 20.2. The summed E-state index contributed by atoms with van der Waals surface area (Å²) in [6.07, 6.45) is 4.51. The lowest BCUT2D eigenvalue weighted by Gasteiger charge is -2.35. The number of carbonyl (C=O) groups is 1. The van der Waals surface area contributed by atoms with Gasteiger partial charge in [-0.15, -0.1) is 11.3 Å². The Kier molecular flexibility index (Phi) is 5.89. The van der Waals surface area contributed by atoms with Gasteiger partial charge in [-0.3, -0.25) is 4.79 Å². The van der Waals surface area contributed by atoms with Gasteiger partial charge in [-0.25, -0.2) is 19.9 Å². The molecule has 3 aromatic rings. The molecule has 1 aliphatic rings. The normalized spacial score (nSPS) is 14.1. The van der Waals surface area contributed by atoms with Crippen molar-refractivity contribution in [2.24, 2.45) is 0 Å². The second-order valence-corrected chi connectivity index (χ2v) is 8.24. The van der Waals surface area contributed by atoms with Crippen LogP contribution in [0, 0.1) is 6.92 Å². The van der Waals surface area contributed by atoms with E-state index in [1.54, 1.807) is 24.5 Å². The maximum atomic E-state index is 11.5. The van der Waals surface area contributed by atoms with Crippen LogP contribution in [0.25, 0.3) is 10.6 Å². The molecule has 1 fully saturated rings. The van der Waals surface area contributed by atoms with Crippen LogP contribution in [0.1, 0.15) is 24.5 Å². The van der Waals surface area contributed by atoms with Crippen molar-refractivity contribution in [3.05, 3.63) is 41.3 Å². The summed E-state index contributed by atoms with van der Waals surface area (Å²) in [6.45, 7) is 8.84.